The van der Waals surface area contributed by atoms with Crippen LogP contribution in [0.15, 0.2) is 12.1 Å². The van der Waals surface area contributed by atoms with Crippen molar-refractivity contribution in [3.63, 3.8) is 0 Å². The second-order valence-electron chi connectivity index (χ2n) is 5.59. The molecule has 0 aliphatic heterocycles. The summed E-state index contributed by atoms with van der Waals surface area (Å²) < 4.78 is 0. The maximum atomic E-state index is 11.6. The minimum Gasteiger partial charge on any atom is -0.481 e. The summed E-state index contributed by atoms with van der Waals surface area (Å²) >= 11 is 0. The summed E-state index contributed by atoms with van der Waals surface area (Å²) in [5.41, 5.74) is 0.697. The number of rotatable bonds is 6. The third-order valence-electron chi connectivity index (χ3n) is 4.15. The minimum absolute atomic E-state index is 0.392. The summed E-state index contributed by atoms with van der Waals surface area (Å²) in [6.45, 7) is 3.81. The number of aliphatic carboxylic acids is 1. The number of nitrogens with one attached hydrogen (secondary N) is 1. The van der Waals surface area contributed by atoms with E-state index >= 15 is 0 Å². The number of hydrogen-bond acceptors (Lipinski definition) is 4. The summed E-state index contributed by atoms with van der Waals surface area (Å²) in [5, 5.41) is 9.51. The number of nitrogens with zero attached hydrogens (tertiary/aromatic N) is 3. The van der Waals surface area contributed by atoms with E-state index in [2.05, 4.69) is 15.0 Å². The molecule has 0 fully saturated rings. The number of fused-ring (bicyclic) bond motifs is 1. The summed E-state index contributed by atoms with van der Waals surface area (Å²) in [7, 11) is 3.84. The molecular weight excluding hydrogens is 268 g/mol. The van der Waals surface area contributed by atoms with Crippen LogP contribution in [0.2, 0.25) is 0 Å². The summed E-state index contributed by atoms with van der Waals surface area (Å²) in [4.78, 5) is 25.6. The molecule has 0 aromatic carbocycles. The van der Waals surface area contributed by atoms with Crippen molar-refractivity contribution >= 4 is 23.0 Å². The molecule has 2 N–H and O–H groups in total. The zero-order valence-corrected chi connectivity index (χ0v) is 13.0. The maximum Gasteiger partial charge on any atom is 0.310 e. The fourth-order valence-electron chi connectivity index (χ4n) is 2.46. The van der Waals surface area contributed by atoms with E-state index in [1.165, 1.54) is 0 Å². The monoisotopic (exact) mass is 290 g/mol. The van der Waals surface area contributed by atoms with Gasteiger partial charge in [-0.1, -0.05) is 13.8 Å². The molecule has 6 nitrogen and oxygen atoms in total. The third-order valence-corrected chi connectivity index (χ3v) is 4.15. The van der Waals surface area contributed by atoms with E-state index in [0.717, 1.165) is 11.3 Å². The molecule has 21 heavy (non-hydrogen) atoms. The number of pyridine rings is 1. The molecule has 0 unspecified atom stereocenters. The molecule has 2 rings (SSSR count). The largest absolute Gasteiger partial charge is 0.481 e. The van der Waals surface area contributed by atoms with E-state index in [4.69, 9.17) is 0 Å². The highest BCUT2D eigenvalue weighted by Crippen LogP contribution is 2.31. The second kappa shape index (κ2) is 5.71. The predicted molar refractivity (Wildman–Crippen MR) is 82.6 cm³/mol. The molecule has 0 saturated heterocycles. The van der Waals surface area contributed by atoms with Crippen LogP contribution in [-0.2, 0) is 11.2 Å². The Hall–Kier alpha value is -2.11. The zero-order chi connectivity index (χ0) is 15.6. The van der Waals surface area contributed by atoms with Crippen LogP contribution in [0.3, 0.4) is 0 Å². The predicted octanol–water partition coefficient (Wildman–Crippen LogP) is 2.46. The molecule has 6 heteroatoms. The van der Waals surface area contributed by atoms with Gasteiger partial charge in [0.1, 0.15) is 11.6 Å². The Morgan fingerprint density at radius 3 is 2.48 bits per heavy atom. The average Bonchev–Trinajstić information content (AvgIpc) is 2.85. The van der Waals surface area contributed by atoms with Crippen LogP contribution in [0.4, 0.5) is 5.82 Å². The van der Waals surface area contributed by atoms with Crippen LogP contribution in [0.1, 0.15) is 32.5 Å². The number of carboxylic acid groups (broad SMARTS) is 1. The van der Waals surface area contributed by atoms with Crippen molar-refractivity contribution in [3.05, 3.63) is 18.0 Å². The lowest BCUT2D eigenvalue weighted by molar-refractivity contribution is -0.149. The molecule has 2 aromatic heterocycles. The molecule has 0 saturated carbocycles. The van der Waals surface area contributed by atoms with Crippen LogP contribution in [0.5, 0.6) is 0 Å². The van der Waals surface area contributed by atoms with Gasteiger partial charge < -0.3 is 15.0 Å². The highest BCUT2D eigenvalue weighted by molar-refractivity contribution is 5.76. The highest BCUT2D eigenvalue weighted by atomic mass is 16.4. The topological polar surface area (TPSA) is 82.1 Å². The first-order chi connectivity index (χ1) is 9.91. The van der Waals surface area contributed by atoms with Gasteiger partial charge in [0.25, 0.3) is 0 Å². The Morgan fingerprint density at radius 1 is 1.29 bits per heavy atom. The molecule has 0 atom stereocenters. The zero-order valence-electron chi connectivity index (χ0n) is 13.0. The van der Waals surface area contributed by atoms with Crippen LogP contribution in [0.25, 0.3) is 11.2 Å². The van der Waals surface area contributed by atoms with Crippen LogP contribution in [-0.4, -0.2) is 40.1 Å². The quantitative estimate of drug-likeness (QED) is 0.854. The van der Waals surface area contributed by atoms with Gasteiger partial charge in [-0.3, -0.25) is 4.79 Å². The molecule has 0 aliphatic carbocycles. The van der Waals surface area contributed by atoms with Gasteiger partial charge >= 0.3 is 5.97 Å². The number of aromatic amines is 1. The first-order valence-electron chi connectivity index (χ1n) is 7.18. The van der Waals surface area contributed by atoms with Crippen molar-refractivity contribution in [1.29, 1.82) is 0 Å². The van der Waals surface area contributed by atoms with Crippen molar-refractivity contribution in [2.45, 2.75) is 33.1 Å². The molecular formula is C15H22N4O2. The molecule has 0 spiro atoms. The molecule has 0 bridgehead atoms. The maximum absolute atomic E-state index is 11.6. The lowest BCUT2D eigenvalue weighted by atomic mass is 9.79. The standard InChI is InChI=1S/C15H22N4O2/c1-5-15(6-2,14(20)21)9-11-16-10-7-8-12(19(3)4)18-13(10)17-11/h7-8H,5-6,9H2,1-4H3,(H,20,21)(H,16,17,18). The van der Waals surface area contributed by atoms with Gasteiger partial charge in [0.05, 0.1) is 10.9 Å². The fourth-order valence-corrected chi connectivity index (χ4v) is 2.46. The second-order valence-corrected chi connectivity index (χ2v) is 5.59. The van der Waals surface area contributed by atoms with E-state index in [1.54, 1.807) is 0 Å². The normalized spacial score (nSPS) is 11.8. The summed E-state index contributed by atoms with van der Waals surface area (Å²) in [6.07, 6.45) is 1.54. The van der Waals surface area contributed by atoms with Gasteiger partial charge in [0.2, 0.25) is 0 Å². The van der Waals surface area contributed by atoms with Gasteiger partial charge in [0, 0.05) is 20.5 Å². The van der Waals surface area contributed by atoms with Crippen LogP contribution < -0.4 is 4.90 Å². The average molecular weight is 290 g/mol. The summed E-state index contributed by atoms with van der Waals surface area (Å²) in [6, 6.07) is 3.84. The third kappa shape index (κ3) is 2.84. The molecule has 2 heterocycles. The first kappa shape index (κ1) is 15.3. The van der Waals surface area contributed by atoms with Crippen molar-refractivity contribution in [3.8, 4) is 0 Å². The van der Waals surface area contributed by atoms with Gasteiger partial charge in [-0.15, -0.1) is 0 Å². The minimum atomic E-state index is -0.769. The number of hydrogen-bond donors (Lipinski definition) is 2. The van der Waals surface area contributed by atoms with E-state index in [1.807, 2.05) is 45.0 Å². The molecule has 0 aliphatic rings. The van der Waals surface area contributed by atoms with Crippen molar-refractivity contribution in [2.24, 2.45) is 5.41 Å². The van der Waals surface area contributed by atoms with Gasteiger partial charge in [-0.05, 0) is 25.0 Å². The smallest absolute Gasteiger partial charge is 0.310 e. The number of imidazole rings is 1. The Labute approximate surface area is 124 Å². The number of carbonyl (C=O) groups is 1. The Kier molecular flexibility index (Phi) is 4.16. The first-order valence-corrected chi connectivity index (χ1v) is 7.18. The van der Waals surface area contributed by atoms with E-state index in [0.29, 0.717) is 30.7 Å². The van der Waals surface area contributed by atoms with Crippen LogP contribution in [0, 0.1) is 5.41 Å². The number of carboxylic acids is 1. The SMILES string of the molecule is CCC(CC)(Cc1nc2nc(N(C)C)ccc2[nH]1)C(=O)O. The Morgan fingerprint density at radius 2 is 1.95 bits per heavy atom. The van der Waals surface area contributed by atoms with Gasteiger partial charge in [-0.25, -0.2) is 9.97 Å². The fraction of sp³-hybridized carbons (Fsp3) is 0.533. The van der Waals surface area contributed by atoms with Crippen molar-refractivity contribution in [1.82, 2.24) is 15.0 Å². The molecule has 0 amide bonds. The lowest BCUT2D eigenvalue weighted by Crippen LogP contribution is -2.32. The lowest BCUT2D eigenvalue weighted by Gasteiger charge is -2.25. The molecule has 2 aromatic rings. The van der Waals surface area contributed by atoms with Gasteiger partial charge in [0.15, 0.2) is 5.65 Å². The van der Waals surface area contributed by atoms with Gasteiger partial charge in [-0.2, -0.15) is 0 Å². The van der Waals surface area contributed by atoms with Crippen molar-refractivity contribution < 1.29 is 9.90 Å². The Bertz CT molecular complexity index is 644. The number of H-pyrrole nitrogens is 1. The highest BCUT2D eigenvalue weighted by Gasteiger charge is 2.36. The molecule has 0 radical (unpaired) electrons. The Balaban J connectivity index is 2.36. The van der Waals surface area contributed by atoms with E-state index < -0.39 is 11.4 Å². The van der Waals surface area contributed by atoms with Crippen molar-refractivity contribution in [2.75, 3.05) is 19.0 Å². The number of anilines is 1. The van der Waals surface area contributed by atoms with Crippen LogP contribution >= 0.6 is 0 Å². The van der Waals surface area contributed by atoms with E-state index in [-0.39, 0.29) is 0 Å². The summed E-state index contributed by atoms with van der Waals surface area (Å²) in [5.74, 6) is 0.741. The molecule has 114 valence electrons. The van der Waals surface area contributed by atoms with E-state index in [9.17, 15) is 9.90 Å². The number of aromatic nitrogens is 3.